The van der Waals surface area contributed by atoms with Crippen molar-refractivity contribution in [2.75, 3.05) is 6.54 Å². The molecule has 0 atom stereocenters. The molecule has 0 saturated heterocycles. The van der Waals surface area contributed by atoms with Crippen molar-refractivity contribution < 1.29 is 9.59 Å². The molecule has 1 rings (SSSR count). The van der Waals surface area contributed by atoms with Crippen LogP contribution in [-0.4, -0.2) is 32.7 Å². The van der Waals surface area contributed by atoms with Crippen LogP contribution in [0.25, 0.3) is 0 Å². The van der Waals surface area contributed by atoms with Gasteiger partial charge in [0.1, 0.15) is 0 Å². The summed E-state index contributed by atoms with van der Waals surface area (Å²) in [5.74, 6) is 0.258. The summed E-state index contributed by atoms with van der Waals surface area (Å²) in [4.78, 5) is 23.2. The highest BCUT2D eigenvalue weighted by molar-refractivity contribution is 6.74. The van der Waals surface area contributed by atoms with Gasteiger partial charge in [0.15, 0.2) is 11.6 Å². The maximum Gasteiger partial charge on any atom is 0.236 e. The summed E-state index contributed by atoms with van der Waals surface area (Å²) in [5, 5.41) is 5.56. The highest BCUT2D eigenvalue weighted by atomic mass is 16.1. The predicted molar refractivity (Wildman–Crippen MR) is 98.4 cm³/mol. The average Bonchev–Trinajstić information content (AvgIpc) is 2.53. The quantitative estimate of drug-likeness (QED) is 0.695. The van der Waals surface area contributed by atoms with Crippen LogP contribution in [0.2, 0.25) is 12.6 Å². The highest BCUT2D eigenvalue weighted by Crippen LogP contribution is 2.25. The van der Waals surface area contributed by atoms with Gasteiger partial charge in [-0.2, -0.15) is 0 Å². The van der Waals surface area contributed by atoms with Gasteiger partial charge in [0, 0.05) is 18.7 Å². The highest BCUT2D eigenvalue weighted by Gasteiger charge is 2.16. The van der Waals surface area contributed by atoms with Crippen molar-refractivity contribution in [3.05, 3.63) is 12.3 Å². The SMILES string of the molecule is C=C(CCNC(=O)[B]C1CCCCCCCCC1)NC(=O)[B]C. The molecule has 0 aromatic heterocycles. The number of hydrogen-bond acceptors (Lipinski definition) is 2. The van der Waals surface area contributed by atoms with Crippen LogP contribution in [0.5, 0.6) is 0 Å². The minimum absolute atomic E-state index is 0.00763. The van der Waals surface area contributed by atoms with Gasteiger partial charge in [0.05, 0.1) is 0 Å². The first kappa shape index (κ1) is 19.9. The summed E-state index contributed by atoms with van der Waals surface area (Å²) in [6.45, 7) is 5.97. The average molecular weight is 316 g/mol. The first-order valence-electron chi connectivity index (χ1n) is 9.02. The Morgan fingerprint density at radius 1 is 1.00 bits per heavy atom. The number of hydrogen-bond donors (Lipinski definition) is 2. The van der Waals surface area contributed by atoms with Gasteiger partial charge in [0.2, 0.25) is 14.6 Å². The third-order valence-corrected chi connectivity index (χ3v) is 4.33. The molecule has 126 valence electrons. The van der Waals surface area contributed by atoms with Crippen LogP contribution in [0.3, 0.4) is 0 Å². The Labute approximate surface area is 142 Å². The summed E-state index contributed by atoms with van der Waals surface area (Å²) < 4.78 is 0. The summed E-state index contributed by atoms with van der Waals surface area (Å²) in [5.41, 5.74) is 0.632. The van der Waals surface area contributed by atoms with Crippen molar-refractivity contribution in [1.29, 1.82) is 0 Å². The van der Waals surface area contributed by atoms with Gasteiger partial charge in [-0.3, -0.25) is 9.59 Å². The lowest BCUT2D eigenvalue weighted by molar-refractivity contribution is 0.258. The molecule has 0 bridgehead atoms. The minimum atomic E-state index is -0.158. The smallest absolute Gasteiger partial charge is 0.236 e. The molecule has 4 nitrogen and oxygen atoms in total. The number of carbonyl (C=O) groups excluding carboxylic acids is 2. The maximum atomic E-state index is 12.0. The molecular formula is C17H30B2N2O2. The molecule has 2 amide bonds. The van der Waals surface area contributed by atoms with E-state index in [9.17, 15) is 9.59 Å². The van der Waals surface area contributed by atoms with Gasteiger partial charge in [-0.15, -0.1) is 0 Å². The second-order valence-electron chi connectivity index (χ2n) is 6.40. The summed E-state index contributed by atoms with van der Waals surface area (Å²) in [6.07, 6.45) is 11.9. The number of amides is 2. The van der Waals surface area contributed by atoms with E-state index < -0.39 is 0 Å². The Balaban J connectivity index is 2.20. The van der Waals surface area contributed by atoms with Crippen molar-refractivity contribution in [2.24, 2.45) is 0 Å². The van der Waals surface area contributed by atoms with Crippen LogP contribution < -0.4 is 10.6 Å². The molecule has 1 aliphatic carbocycles. The summed E-state index contributed by atoms with van der Waals surface area (Å²) >= 11 is 0. The van der Waals surface area contributed by atoms with E-state index in [-0.39, 0.29) is 11.6 Å². The van der Waals surface area contributed by atoms with Gasteiger partial charge in [0.25, 0.3) is 0 Å². The second-order valence-corrected chi connectivity index (χ2v) is 6.40. The van der Waals surface area contributed by atoms with Crippen molar-refractivity contribution in [3.63, 3.8) is 0 Å². The number of carbonyl (C=O) groups is 2. The molecule has 0 spiro atoms. The van der Waals surface area contributed by atoms with Crippen LogP contribution in [0.4, 0.5) is 9.59 Å². The fourth-order valence-corrected chi connectivity index (χ4v) is 2.93. The Morgan fingerprint density at radius 2 is 1.57 bits per heavy atom. The standard InChI is InChI=1S/C17H30B2N2O2/c1-14(21-16(22)18-2)12-13-20-17(23)19-15-10-8-6-4-3-5-7-9-11-15/h15H,1,3-13H2,2H3,(H,20,23)(H,21,22). The zero-order valence-electron chi connectivity index (χ0n) is 14.5. The molecule has 1 aliphatic rings. The molecule has 23 heavy (non-hydrogen) atoms. The maximum absolute atomic E-state index is 12.0. The van der Waals surface area contributed by atoms with Crippen LogP contribution in [0.15, 0.2) is 12.3 Å². The van der Waals surface area contributed by atoms with Crippen LogP contribution in [0.1, 0.15) is 64.2 Å². The fourth-order valence-electron chi connectivity index (χ4n) is 2.93. The zero-order valence-corrected chi connectivity index (χ0v) is 14.5. The molecule has 0 aromatic carbocycles. The lowest BCUT2D eigenvalue weighted by Crippen LogP contribution is -2.32. The van der Waals surface area contributed by atoms with Crippen LogP contribution in [0, 0.1) is 0 Å². The van der Waals surface area contributed by atoms with Gasteiger partial charge >= 0.3 is 0 Å². The van der Waals surface area contributed by atoms with Gasteiger partial charge in [-0.05, 0) is 0 Å². The van der Waals surface area contributed by atoms with Crippen molar-refractivity contribution in [3.8, 4) is 0 Å². The largest absolute Gasteiger partial charge is 0.365 e. The molecule has 1 fully saturated rings. The predicted octanol–water partition coefficient (Wildman–Crippen LogP) is 4.08. The van der Waals surface area contributed by atoms with E-state index in [0.29, 0.717) is 24.5 Å². The number of nitrogens with one attached hydrogen (secondary N) is 2. The number of rotatable bonds is 7. The normalized spacial score (nSPS) is 16.9. The lowest BCUT2D eigenvalue weighted by atomic mass is 9.59. The second kappa shape index (κ2) is 12.3. The topological polar surface area (TPSA) is 58.2 Å². The molecule has 2 radical (unpaired) electrons. The van der Waals surface area contributed by atoms with Gasteiger partial charge in [-0.25, -0.2) is 0 Å². The zero-order chi connectivity index (χ0) is 16.9. The van der Waals surface area contributed by atoms with Crippen molar-refractivity contribution in [2.45, 2.75) is 76.8 Å². The lowest BCUT2D eigenvalue weighted by Gasteiger charge is -2.17. The minimum Gasteiger partial charge on any atom is -0.365 e. The molecule has 0 aromatic rings. The molecular weight excluding hydrogens is 286 g/mol. The molecule has 0 unspecified atom stereocenters. The van der Waals surface area contributed by atoms with Crippen molar-refractivity contribution >= 4 is 26.2 Å². The van der Waals surface area contributed by atoms with E-state index in [1.165, 1.54) is 52.2 Å². The van der Waals surface area contributed by atoms with Gasteiger partial charge in [-0.1, -0.05) is 77.0 Å². The van der Waals surface area contributed by atoms with E-state index in [2.05, 4.69) is 17.2 Å². The molecule has 0 heterocycles. The van der Waals surface area contributed by atoms with E-state index in [4.69, 9.17) is 0 Å². The molecule has 2 N–H and O–H groups in total. The van der Waals surface area contributed by atoms with Crippen LogP contribution in [-0.2, 0) is 0 Å². The van der Waals surface area contributed by atoms with E-state index in [0.717, 1.165) is 12.8 Å². The molecule has 6 heteroatoms. The van der Waals surface area contributed by atoms with Gasteiger partial charge < -0.3 is 10.6 Å². The third kappa shape index (κ3) is 10.2. The third-order valence-electron chi connectivity index (χ3n) is 4.33. The Kier molecular flexibility index (Phi) is 10.6. The Bertz CT molecular complexity index is 379. The summed E-state index contributed by atoms with van der Waals surface area (Å²) in [6, 6.07) is 0. The monoisotopic (exact) mass is 316 g/mol. The van der Waals surface area contributed by atoms with E-state index in [1.807, 2.05) is 7.28 Å². The van der Waals surface area contributed by atoms with Crippen molar-refractivity contribution in [1.82, 2.24) is 10.6 Å². The Hall–Kier alpha value is -1.19. The fraction of sp³-hybridized carbons (Fsp3) is 0.765. The molecule has 0 aliphatic heterocycles. The van der Waals surface area contributed by atoms with Crippen LogP contribution >= 0.6 is 0 Å². The first-order chi connectivity index (χ1) is 11.1. The van der Waals surface area contributed by atoms with E-state index >= 15 is 0 Å². The summed E-state index contributed by atoms with van der Waals surface area (Å²) in [7, 11) is 3.32. The first-order valence-corrected chi connectivity index (χ1v) is 9.02. The Morgan fingerprint density at radius 3 is 2.13 bits per heavy atom. The molecule has 1 saturated carbocycles. The van der Waals surface area contributed by atoms with E-state index in [1.54, 1.807) is 6.82 Å².